The molecule has 0 aliphatic carbocycles. The summed E-state index contributed by atoms with van der Waals surface area (Å²) < 4.78 is 10.4. The molecule has 146 valence electrons. The number of benzene rings is 3. The molecule has 0 saturated heterocycles. The summed E-state index contributed by atoms with van der Waals surface area (Å²) in [7, 11) is 1.54. The fourth-order valence-corrected chi connectivity index (χ4v) is 3.33. The maximum atomic E-state index is 12.2. The van der Waals surface area contributed by atoms with Crippen LogP contribution in [-0.2, 0) is 11.2 Å². The van der Waals surface area contributed by atoms with Crippen LogP contribution in [0.1, 0.15) is 12.3 Å². The van der Waals surface area contributed by atoms with E-state index < -0.39 is 0 Å². The van der Waals surface area contributed by atoms with E-state index in [0.717, 1.165) is 16.3 Å². The third-order valence-electron chi connectivity index (χ3n) is 4.50. The number of hydrogen-bond donors (Lipinski definition) is 1. The molecule has 0 atom stereocenters. The van der Waals surface area contributed by atoms with Gasteiger partial charge in [0.1, 0.15) is 5.75 Å². The van der Waals surface area contributed by atoms with Gasteiger partial charge in [0, 0.05) is 24.1 Å². The van der Waals surface area contributed by atoms with E-state index >= 15 is 0 Å². The molecule has 0 unspecified atom stereocenters. The largest absolute Gasteiger partial charge is 0.495 e. The summed E-state index contributed by atoms with van der Waals surface area (Å²) in [6.07, 6.45) is 0.550. The molecule has 4 aromatic rings. The Balaban J connectivity index is 1.42. The second-order valence-corrected chi connectivity index (χ2v) is 6.84. The van der Waals surface area contributed by atoms with Gasteiger partial charge in [-0.1, -0.05) is 59.2 Å². The lowest BCUT2D eigenvalue weighted by atomic mass is 10.0. The van der Waals surface area contributed by atoms with E-state index in [0.29, 0.717) is 34.6 Å². The molecule has 0 aliphatic heterocycles. The van der Waals surface area contributed by atoms with Gasteiger partial charge in [-0.15, -0.1) is 0 Å². The van der Waals surface area contributed by atoms with Crippen molar-refractivity contribution in [3.63, 3.8) is 0 Å². The zero-order valence-electron chi connectivity index (χ0n) is 15.7. The van der Waals surface area contributed by atoms with Crippen molar-refractivity contribution in [2.24, 2.45) is 0 Å². The number of aromatic nitrogens is 2. The van der Waals surface area contributed by atoms with Gasteiger partial charge < -0.3 is 14.6 Å². The van der Waals surface area contributed by atoms with Gasteiger partial charge >= 0.3 is 0 Å². The Hall–Kier alpha value is -3.38. The fraction of sp³-hybridized carbons (Fsp3) is 0.136. The Labute approximate surface area is 172 Å². The van der Waals surface area contributed by atoms with Crippen LogP contribution in [0, 0.1) is 0 Å². The first kappa shape index (κ1) is 19.0. The number of fused-ring (bicyclic) bond motifs is 1. The molecule has 7 heteroatoms. The molecule has 0 bridgehead atoms. The number of halogens is 1. The predicted molar refractivity (Wildman–Crippen MR) is 112 cm³/mol. The minimum absolute atomic E-state index is 0.170. The van der Waals surface area contributed by atoms with Crippen molar-refractivity contribution < 1.29 is 14.1 Å². The first-order valence-electron chi connectivity index (χ1n) is 9.08. The molecule has 29 heavy (non-hydrogen) atoms. The average Bonchev–Trinajstić information content (AvgIpc) is 3.21. The van der Waals surface area contributed by atoms with Gasteiger partial charge in [0.05, 0.1) is 12.1 Å². The first-order valence-corrected chi connectivity index (χ1v) is 9.46. The minimum Gasteiger partial charge on any atom is -0.495 e. The normalized spacial score (nSPS) is 10.8. The van der Waals surface area contributed by atoms with E-state index in [2.05, 4.69) is 15.5 Å². The van der Waals surface area contributed by atoms with Crippen molar-refractivity contribution >= 4 is 34.0 Å². The number of anilines is 1. The summed E-state index contributed by atoms with van der Waals surface area (Å²) in [6, 6.07) is 19.0. The monoisotopic (exact) mass is 407 g/mol. The number of aryl methyl sites for hydroxylation is 1. The highest BCUT2D eigenvalue weighted by Gasteiger charge is 2.13. The summed E-state index contributed by atoms with van der Waals surface area (Å²) in [4.78, 5) is 16.7. The number of nitrogens with zero attached hydrogens (tertiary/aromatic N) is 2. The Morgan fingerprint density at radius 3 is 2.79 bits per heavy atom. The second kappa shape index (κ2) is 8.32. The van der Waals surface area contributed by atoms with E-state index in [4.69, 9.17) is 20.9 Å². The number of hydrogen-bond acceptors (Lipinski definition) is 5. The molecule has 0 radical (unpaired) electrons. The molecule has 1 aromatic heterocycles. The molecule has 4 rings (SSSR count). The number of nitrogens with one attached hydrogen (secondary N) is 1. The van der Waals surface area contributed by atoms with Crippen molar-refractivity contribution in [3.05, 3.63) is 71.6 Å². The summed E-state index contributed by atoms with van der Waals surface area (Å²) in [5.41, 5.74) is 1.50. The highest BCUT2D eigenvalue weighted by atomic mass is 35.5. The average molecular weight is 408 g/mol. The van der Waals surface area contributed by atoms with Gasteiger partial charge in [-0.3, -0.25) is 4.79 Å². The molecule has 0 fully saturated rings. The lowest BCUT2D eigenvalue weighted by Gasteiger charge is -2.07. The van der Waals surface area contributed by atoms with Crippen LogP contribution in [-0.4, -0.2) is 23.2 Å². The molecule has 6 nitrogen and oxygen atoms in total. The van der Waals surface area contributed by atoms with E-state index in [-0.39, 0.29) is 12.3 Å². The van der Waals surface area contributed by atoms with E-state index in [1.54, 1.807) is 18.2 Å². The number of carbonyl (C=O) groups is 1. The van der Waals surface area contributed by atoms with Crippen molar-refractivity contribution in [3.8, 4) is 17.1 Å². The van der Waals surface area contributed by atoms with Gasteiger partial charge in [-0.05, 0) is 29.0 Å². The summed E-state index contributed by atoms with van der Waals surface area (Å²) in [5, 5.41) is 9.47. The van der Waals surface area contributed by atoms with Crippen LogP contribution in [0.15, 0.2) is 65.2 Å². The van der Waals surface area contributed by atoms with Crippen molar-refractivity contribution in [2.45, 2.75) is 12.8 Å². The minimum atomic E-state index is -0.170. The quantitative estimate of drug-likeness (QED) is 0.479. The number of rotatable bonds is 6. The Morgan fingerprint density at radius 1 is 1.14 bits per heavy atom. The maximum Gasteiger partial charge on any atom is 0.227 e. The van der Waals surface area contributed by atoms with Gasteiger partial charge in [-0.25, -0.2) is 0 Å². The Morgan fingerprint density at radius 2 is 1.97 bits per heavy atom. The summed E-state index contributed by atoms with van der Waals surface area (Å²) in [5.74, 6) is 1.31. The van der Waals surface area contributed by atoms with Crippen molar-refractivity contribution in [1.29, 1.82) is 0 Å². The van der Waals surface area contributed by atoms with Crippen LogP contribution < -0.4 is 10.1 Å². The molecule has 0 saturated carbocycles. The van der Waals surface area contributed by atoms with Crippen LogP contribution in [0.5, 0.6) is 5.75 Å². The molecule has 1 amide bonds. The SMILES string of the molecule is COc1ccc(NC(=O)CCc2nc(-c3cccc4ccccc34)no2)cc1Cl. The van der Waals surface area contributed by atoms with Crippen molar-refractivity contribution in [2.75, 3.05) is 12.4 Å². The molecule has 3 aromatic carbocycles. The standard InChI is InChI=1S/C22H18ClN3O3/c1-28-19-10-9-15(13-18(19)23)24-20(27)11-12-21-25-22(26-29-21)17-8-4-6-14-5-2-3-7-16(14)17/h2-10,13H,11-12H2,1H3,(H,24,27). The van der Waals surface area contributed by atoms with Gasteiger partial charge in [0.2, 0.25) is 17.6 Å². The molecular formula is C22H18ClN3O3. The Bertz CT molecular complexity index is 1170. The molecule has 1 N–H and O–H groups in total. The van der Waals surface area contributed by atoms with Gasteiger partial charge in [-0.2, -0.15) is 4.98 Å². The predicted octanol–water partition coefficient (Wildman–Crippen LogP) is 5.12. The maximum absolute atomic E-state index is 12.2. The first-order chi connectivity index (χ1) is 14.1. The smallest absolute Gasteiger partial charge is 0.227 e. The van der Waals surface area contributed by atoms with E-state index in [1.165, 1.54) is 7.11 Å². The zero-order valence-corrected chi connectivity index (χ0v) is 16.4. The van der Waals surface area contributed by atoms with Crippen LogP contribution >= 0.6 is 11.6 Å². The molecular weight excluding hydrogens is 390 g/mol. The molecule has 0 spiro atoms. The number of ether oxygens (including phenoxy) is 1. The topological polar surface area (TPSA) is 77.2 Å². The van der Waals surface area contributed by atoms with Crippen LogP contribution in [0.2, 0.25) is 5.02 Å². The summed E-state index contributed by atoms with van der Waals surface area (Å²) >= 11 is 6.08. The van der Waals surface area contributed by atoms with Gasteiger partial charge in [0.25, 0.3) is 0 Å². The number of carbonyl (C=O) groups excluding carboxylic acids is 1. The van der Waals surface area contributed by atoms with Gasteiger partial charge in [0.15, 0.2) is 0 Å². The molecule has 0 aliphatic rings. The molecule has 1 heterocycles. The van der Waals surface area contributed by atoms with E-state index in [1.807, 2.05) is 42.5 Å². The lowest BCUT2D eigenvalue weighted by Crippen LogP contribution is -2.12. The van der Waals surface area contributed by atoms with Crippen LogP contribution in [0.25, 0.3) is 22.2 Å². The van der Waals surface area contributed by atoms with E-state index in [9.17, 15) is 4.79 Å². The van der Waals surface area contributed by atoms with Crippen molar-refractivity contribution in [1.82, 2.24) is 10.1 Å². The third kappa shape index (κ3) is 4.22. The zero-order chi connectivity index (χ0) is 20.2. The highest BCUT2D eigenvalue weighted by Crippen LogP contribution is 2.28. The second-order valence-electron chi connectivity index (χ2n) is 6.44. The highest BCUT2D eigenvalue weighted by molar-refractivity contribution is 6.32. The fourth-order valence-electron chi connectivity index (χ4n) is 3.07. The van der Waals surface area contributed by atoms with Crippen LogP contribution in [0.3, 0.4) is 0 Å². The number of methoxy groups -OCH3 is 1. The summed E-state index contributed by atoms with van der Waals surface area (Å²) in [6.45, 7) is 0. The third-order valence-corrected chi connectivity index (χ3v) is 4.80. The Kier molecular flexibility index (Phi) is 5.44. The lowest BCUT2D eigenvalue weighted by molar-refractivity contribution is -0.116. The van der Waals surface area contributed by atoms with Crippen LogP contribution in [0.4, 0.5) is 5.69 Å². The number of amides is 1.